The molecule has 4 heterocycles. The molecular formula is C58H42N4. The molecule has 0 amide bonds. The molecule has 13 aromatic rings. The zero-order chi connectivity index (χ0) is 41.4. The summed E-state index contributed by atoms with van der Waals surface area (Å²) in [6, 6.07) is 67.9. The molecule has 294 valence electrons. The number of anilines is 6. The second-order valence-electron chi connectivity index (χ2n) is 17.3. The number of fused-ring (bicyclic) bond motifs is 12. The zero-order valence-electron chi connectivity index (χ0n) is 35.1. The van der Waals surface area contributed by atoms with Crippen molar-refractivity contribution in [2.75, 3.05) is 9.80 Å². The molecule has 0 saturated heterocycles. The Kier molecular flexibility index (Phi) is 7.25. The van der Waals surface area contributed by atoms with Crippen molar-refractivity contribution in [2.45, 2.75) is 27.7 Å². The van der Waals surface area contributed by atoms with E-state index in [1.165, 1.54) is 110 Å². The van der Waals surface area contributed by atoms with Gasteiger partial charge in [0.2, 0.25) is 0 Å². The van der Waals surface area contributed by atoms with Crippen LogP contribution in [-0.4, -0.2) is 8.80 Å². The average molecular weight is 795 g/mol. The van der Waals surface area contributed by atoms with Gasteiger partial charge in [-0.05, 0) is 135 Å². The summed E-state index contributed by atoms with van der Waals surface area (Å²) >= 11 is 0. The van der Waals surface area contributed by atoms with E-state index >= 15 is 0 Å². The first kappa shape index (κ1) is 35.0. The van der Waals surface area contributed by atoms with E-state index in [9.17, 15) is 0 Å². The summed E-state index contributed by atoms with van der Waals surface area (Å²) in [7, 11) is 0. The van der Waals surface area contributed by atoms with Gasteiger partial charge in [-0.2, -0.15) is 0 Å². The number of hydrogen-bond acceptors (Lipinski definition) is 2. The number of aromatic nitrogens is 2. The second kappa shape index (κ2) is 12.8. The van der Waals surface area contributed by atoms with Crippen molar-refractivity contribution >= 4 is 110 Å². The van der Waals surface area contributed by atoms with E-state index in [1.807, 2.05) is 0 Å². The highest BCUT2D eigenvalue weighted by atomic mass is 15.2. The standard InChI is InChI=1S/C58H42N4/c1-35-13-9-17-39(29-35)59(40-18-10-14-36(2)30-40)51-27-25-43-47-33-54-48(34-53(47)61-49-23-7-5-21-45(49)55(51)57(43)61)44-26-28-52(56-46-22-6-8-24-50(46)62(54)58(44)56)60(41-19-11-15-37(3)31-41)42-20-12-16-38(4)32-42/h5-34H,1-4H3. The van der Waals surface area contributed by atoms with Gasteiger partial charge in [0.25, 0.3) is 0 Å². The third kappa shape index (κ3) is 4.83. The summed E-state index contributed by atoms with van der Waals surface area (Å²) in [5.74, 6) is 0. The lowest BCUT2D eigenvalue weighted by Gasteiger charge is -2.27. The minimum atomic E-state index is 1.15. The van der Waals surface area contributed by atoms with Crippen LogP contribution in [0.5, 0.6) is 0 Å². The Hall–Kier alpha value is -7.82. The Labute approximate surface area is 359 Å². The molecule has 0 aliphatic heterocycles. The average Bonchev–Trinajstić information content (AvgIpc) is 4.00. The second-order valence-corrected chi connectivity index (χ2v) is 17.3. The van der Waals surface area contributed by atoms with E-state index < -0.39 is 0 Å². The van der Waals surface area contributed by atoms with Gasteiger partial charge in [-0.15, -0.1) is 0 Å². The lowest BCUT2D eigenvalue weighted by molar-refractivity contribution is 1.27. The van der Waals surface area contributed by atoms with Crippen LogP contribution >= 0.6 is 0 Å². The molecule has 0 fully saturated rings. The van der Waals surface area contributed by atoms with Crippen LogP contribution in [0.2, 0.25) is 0 Å². The molecule has 0 aliphatic rings. The largest absolute Gasteiger partial charge is 0.310 e. The van der Waals surface area contributed by atoms with Crippen molar-refractivity contribution < 1.29 is 0 Å². The molecule has 0 radical (unpaired) electrons. The van der Waals surface area contributed by atoms with Gasteiger partial charge >= 0.3 is 0 Å². The molecule has 0 atom stereocenters. The topological polar surface area (TPSA) is 15.3 Å². The number of hydrogen-bond donors (Lipinski definition) is 0. The van der Waals surface area contributed by atoms with Gasteiger partial charge in [-0.1, -0.05) is 97.1 Å². The predicted molar refractivity (Wildman–Crippen MR) is 264 cm³/mol. The molecule has 0 aliphatic carbocycles. The molecule has 0 bridgehead atoms. The first-order chi connectivity index (χ1) is 30.4. The summed E-state index contributed by atoms with van der Waals surface area (Å²) in [4.78, 5) is 4.90. The van der Waals surface area contributed by atoms with Crippen molar-refractivity contribution in [3.8, 4) is 0 Å². The quantitative estimate of drug-likeness (QED) is 0.167. The number of rotatable bonds is 6. The first-order valence-corrected chi connectivity index (χ1v) is 21.6. The van der Waals surface area contributed by atoms with Crippen LogP contribution in [0.4, 0.5) is 34.1 Å². The van der Waals surface area contributed by atoms with Gasteiger partial charge in [0.1, 0.15) is 0 Å². The summed E-state index contributed by atoms with van der Waals surface area (Å²) in [5.41, 5.74) is 19.3. The van der Waals surface area contributed by atoms with E-state index in [4.69, 9.17) is 0 Å². The maximum Gasteiger partial charge on any atom is 0.0641 e. The van der Waals surface area contributed by atoms with Crippen LogP contribution in [-0.2, 0) is 0 Å². The summed E-state index contributed by atoms with van der Waals surface area (Å²) in [6.45, 7) is 8.71. The van der Waals surface area contributed by atoms with Crippen LogP contribution in [0.15, 0.2) is 182 Å². The zero-order valence-corrected chi connectivity index (χ0v) is 35.1. The summed E-state index contributed by atoms with van der Waals surface area (Å²) in [5, 5.41) is 10.1. The lowest BCUT2D eigenvalue weighted by Crippen LogP contribution is -2.10. The van der Waals surface area contributed by atoms with Gasteiger partial charge in [-0.25, -0.2) is 0 Å². The van der Waals surface area contributed by atoms with Crippen LogP contribution in [0.25, 0.3) is 76.2 Å². The van der Waals surface area contributed by atoms with Crippen molar-refractivity contribution in [3.05, 3.63) is 204 Å². The van der Waals surface area contributed by atoms with Gasteiger partial charge in [0.15, 0.2) is 0 Å². The Balaban J connectivity index is 1.13. The van der Waals surface area contributed by atoms with Crippen molar-refractivity contribution in [3.63, 3.8) is 0 Å². The minimum absolute atomic E-state index is 1.15. The van der Waals surface area contributed by atoms with E-state index in [0.29, 0.717) is 0 Å². The number of para-hydroxylation sites is 2. The molecule has 62 heavy (non-hydrogen) atoms. The van der Waals surface area contributed by atoms with Crippen molar-refractivity contribution in [2.24, 2.45) is 0 Å². The fourth-order valence-electron chi connectivity index (χ4n) is 10.8. The van der Waals surface area contributed by atoms with Gasteiger partial charge in [-0.3, -0.25) is 0 Å². The summed E-state index contributed by atoms with van der Waals surface area (Å²) < 4.78 is 5.08. The van der Waals surface area contributed by atoms with Gasteiger partial charge in [0, 0.05) is 65.8 Å². The Morgan fingerprint density at radius 1 is 0.290 bits per heavy atom. The first-order valence-electron chi connectivity index (χ1n) is 21.6. The Morgan fingerprint density at radius 3 is 1.00 bits per heavy atom. The van der Waals surface area contributed by atoms with Crippen molar-refractivity contribution in [1.29, 1.82) is 0 Å². The lowest BCUT2D eigenvalue weighted by atomic mass is 10.0. The van der Waals surface area contributed by atoms with E-state index in [1.54, 1.807) is 0 Å². The minimum Gasteiger partial charge on any atom is -0.310 e. The van der Waals surface area contributed by atoms with Crippen LogP contribution in [0.1, 0.15) is 22.3 Å². The Morgan fingerprint density at radius 2 is 0.645 bits per heavy atom. The molecule has 0 N–H and O–H groups in total. The maximum absolute atomic E-state index is 2.54. The molecule has 4 aromatic heterocycles. The highest BCUT2D eigenvalue weighted by Gasteiger charge is 2.28. The molecular weight excluding hydrogens is 753 g/mol. The van der Waals surface area contributed by atoms with Crippen LogP contribution < -0.4 is 9.80 Å². The van der Waals surface area contributed by atoms with Crippen LogP contribution in [0.3, 0.4) is 0 Å². The van der Waals surface area contributed by atoms with E-state index in [2.05, 4.69) is 228 Å². The number of nitrogens with zero attached hydrogens (tertiary/aromatic N) is 4. The number of aryl methyl sites for hydroxylation is 4. The van der Waals surface area contributed by atoms with E-state index in [-0.39, 0.29) is 0 Å². The highest BCUT2D eigenvalue weighted by Crippen LogP contribution is 2.51. The molecule has 0 saturated carbocycles. The summed E-state index contributed by atoms with van der Waals surface area (Å²) in [6.07, 6.45) is 0. The number of benzene rings is 9. The molecule has 4 heteroatoms. The molecule has 0 unspecified atom stereocenters. The molecule has 9 aromatic carbocycles. The highest BCUT2D eigenvalue weighted by molar-refractivity contribution is 6.32. The maximum atomic E-state index is 2.54. The normalized spacial score (nSPS) is 12.2. The molecule has 13 rings (SSSR count). The third-order valence-corrected chi connectivity index (χ3v) is 13.3. The van der Waals surface area contributed by atoms with Gasteiger partial charge in [0.05, 0.1) is 44.5 Å². The molecule has 0 spiro atoms. The fraction of sp³-hybridized carbons (Fsp3) is 0.0690. The fourth-order valence-corrected chi connectivity index (χ4v) is 10.8. The van der Waals surface area contributed by atoms with Crippen molar-refractivity contribution in [1.82, 2.24) is 8.80 Å². The smallest absolute Gasteiger partial charge is 0.0641 e. The third-order valence-electron chi connectivity index (χ3n) is 13.3. The Bertz CT molecular complexity index is 3590. The van der Waals surface area contributed by atoms with E-state index in [0.717, 1.165) is 22.7 Å². The molecule has 4 nitrogen and oxygen atoms in total. The predicted octanol–water partition coefficient (Wildman–Crippen LogP) is 16.2. The monoisotopic (exact) mass is 794 g/mol. The van der Waals surface area contributed by atoms with Crippen LogP contribution in [0, 0.1) is 27.7 Å². The van der Waals surface area contributed by atoms with Gasteiger partial charge < -0.3 is 18.6 Å². The SMILES string of the molecule is Cc1cccc(N(c2cccc(C)c2)c2ccc3c4cc5c(cc4n4c6ccccc6c2c34)c2ccc(N(c3cccc(C)c3)c3cccc(C)c3)c3c4ccccc4n5c23)c1.